The average Bonchev–Trinajstić information content (AvgIpc) is 3.51. The van der Waals surface area contributed by atoms with E-state index in [0.29, 0.717) is 24.6 Å². The van der Waals surface area contributed by atoms with Gasteiger partial charge in [0, 0.05) is 18.9 Å². The van der Waals surface area contributed by atoms with Crippen molar-refractivity contribution in [3.63, 3.8) is 0 Å². The Kier molecular flexibility index (Phi) is 4.35. The Balaban J connectivity index is 1.53. The fraction of sp³-hybridized carbons (Fsp3) is 0.286. The summed E-state index contributed by atoms with van der Waals surface area (Å²) in [7, 11) is -3.98. The van der Waals surface area contributed by atoms with Gasteiger partial charge in [0.05, 0.1) is 11.7 Å². The van der Waals surface area contributed by atoms with Gasteiger partial charge in [0.15, 0.2) is 5.84 Å². The second-order valence-electron chi connectivity index (χ2n) is 7.78. The molecule has 2 N–H and O–H groups in total. The lowest BCUT2D eigenvalue weighted by molar-refractivity contribution is -0.127. The van der Waals surface area contributed by atoms with Gasteiger partial charge in [-0.25, -0.2) is 0 Å². The number of para-hydroxylation sites is 1. The minimum absolute atomic E-state index is 0.0439. The Bertz CT molecular complexity index is 1190. The van der Waals surface area contributed by atoms with Crippen molar-refractivity contribution in [2.45, 2.75) is 36.7 Å². The quantitative estimate of drug-likeness (QED) is 0.763. The molecule has 2 aromatic rings. The van der Waals surface area contributed by atoms with Crippen molar-refractivity contribution in [3.8, 4) is 0 Å². The normalized spacial score (nSPS) is 22.5. The molecule has 0 saturated heterocycles. The Morgan fingerprint density at radius 3 is 2.60 bits per heavy atom. The molecule has 0 bridgehead atoms. The largest absolute Gasteiger partial charge is 0.509 e. The van der Waals surface area contributed by atoms with E-state index < -0.39 is 22.0 Å². The fourth-order valence-corrected chi connectivity index (χ4v) is 5.05. The summed E-state index contributed by atoms with van der Waals surface area (Å²) in [6.07, 6.45) is 6.07. The van der Waals surface area contributed by atoms with E-state index in [1.54, 1.807) is 35.5 Å². The Labute approximate surface area is 174 Å². The summed E-state index contributed by atoms with van der Waals surface area (Å²) in [6, 6.07) is 9.49. The zero-order chi connectivity index (χ0) is 20.9. The van der Waals surface area contributed by atoms with Gasteiger partial charge in [0.2, 0.25) is 0 Å². The maximum atomic E-state index is 13.3. The zero-order valence-electron chi connectivity index (χ0n) is 16.0. The number of rotatable bonds is 5. The number of pyridine rings is 1. The maximum Gasteiger partial charge on any atom is 0.286 e. The maximum absolute atomic E-state index is 13.3. The van der Waals surface area contributed by atoms with Gasteiger partial charge in [-0.3, -0.25) is 9.78 Å². The van der Waals surface area contributed by atoms with Gasteiger partial charge in [0.25, 0.3) is 15.9 Å². The van der Waals surface area contributed by atoms with Crippen LogP contribution in [0.2, 0.25) is 0 Å². The summed E-state index contributed by atoms with van der Waals surface area (Å²) < 4.78 is 29.1. The molecule has 3 aliphatic rings. The molecule has 30 heavy (non-hydrogen) atoms. The molecule has 1 amide bonds. The highest BCUT2D eigenvalue weighted by atomic mass is 32.2. The molecule has 8 nitrogen and oxygen atoms in total. The first kappa shape index (κ1) is 18.8. The predicted octanol–water partition coefficient (Wildman–Crippen LogP) is 2.62. The number of aliphatic hydroxyl groups excluding tert-OH is 1. The van der Waals surface area contributed by atoms with Crippen LogP contribution in [-0.4, -0.2) is 41.2 Å². The fourth-order valence-electron chi connectivity index (χ4n) is 3.93. The average molecular weight is 424 g/mol. The summed E-state index contributed by atoms with van der Waals surface area (Å²) >= 11 is 0. The summed E-state index contributed by atoms with van der Waals surface area (Å²) in [5.74, 6) is -0.234. The van der Waals surface area contributed by atoms with E-state index >= 15 is 0 Å². The van der Waals surface area contributed by atoms with Gasteiger partial charge in [0.1, 0.15) is 16.2 Å². The van der Waals surface area contributed by atoms with Gasteiger partial charge < -0.3 is 15.3 Å². The minimum atomic E-state index is -3.98. The predicted molar refractivity (Wildman–Crippen MR) is 110 cm³/mol. The van der Waals surface area contributed by atoms with Gasteiger partial charge in [-0.2, -0.15) is 8.42 Å². The smallest absolute Gasteiger partial charge is 0.286 e. The zero-order valence-corrected chi connectivity index (χ0v) is 16.8. The molecule has 9 heteroatoms. The van der Waals surface area contributed by atoms with E-state index in [1.807, 2.05) is 12.1 Å². The second kappa shape index (κ2) is 6.94. The Morgan fingerprint density at radius 1 is 1.13 bits per heavy atom. The van der Waals surface area contributed by atoms with Crippen LogP contribution >= 0.6 is 0 Å². The molecule has 1 atom stereocenters. The number of carbonyl (C=O) groups is 1. The number of aliphatic hydroxyl groups is 1. The highest BCUT2D eigenvalue weighted by Gasteiger charge is 2.45. The molecule has 0 spiro atoms. The lowest BCUT2D eigenvalue weighted by Crippen LogP contribution is -2.36. The number of fused-ring (bicyclic) bond motifs is 1. The van der Waals surface area contributed by atoms with E-state index in [2.05, 4.69) is 14.7 Å². The molecule has 1 aromatic carbocycles. The number of hydrogen-bond acceptors (Lipinski definition) is 6. The van der Waals surface area contributed by atoms with Crippen molar-refractivity contribution in [2.24, 2.45) is 10.3 Å². The SMILES string of the molecule is O=C1C(C2=NS(=O)(=O)c3ccccc3N2)=C(O)C(CC2CC2)N1Cc1ccncc1. The molecule has 1 fully saturated rings. The number of sulfonamides is 1. The van der Waals surface area contributed by atoms with Crippen molar-refractivity contribution in [2.75, 3.05) is 5.32 Å². The minimum Gasteiger partial charge on any atom is -0.509 e. The van der Waals surface area contributed by atoms with Gasteiger partial charge >= 0.3 is 0 Å². The van der Waals surface area contributed by atoms with Crippen molar-refractivity contribution in [3.05, 3.63) is 65.7 Å². The number of aromatic nitrogens is 1. The summed E-state index contributed by atoms with van der Waals surface area (Å²) in [5, 5.41) is 13.9. The van der Waals surface area contributed by atoms with Crippen LogP contribution in [0, 0.1) is 5.92 Å². The van der Waals surface area contributed by atoms with Crippen LogP contribution in [-0.2, 0) is 21.4 Å². The summed E-state index contributed by atoms with van der Waals surface area (Å²) in [4.78, 5) is 19.0. The molecule has 154 valence electrons. The molecule has 2 aliphatic heterocycles. The molecule has 0 radical (unpaired) electrons. The number of nitrogens with one attached hydrogen (secondary N) is 1. The third-order valence-corrected chi connectivity index (χ3v) is 6.98. The first-order valence-corrected chi connectivity index (χ1v) is 11.2. The van der Waals surface area contributed by atoms with Crippen molar-refractivity contribution >= 4 is 27.5 Å². The lowest BCUT2D eigenvalue weighted by Gasteiger charge is -2.25. The van der Waals surface area contributed by atoms with Crippen LogP contribution in [0.3, 0.4) is 0 Å². The molecular formula is C21H20N4O4S. The first-order chi connectivity index (χ1) is 14.4. The number of amidine groups is 1. The van der Waals surface area contributed by atoms with E-state index in [1.165, 1.54) is 6.07 Å². The number of nitrogens with zero attached hydrogens (tertiary/aromatic N) is 3. The van der Waals surface area contributed by atoms with E-state index in [9.17, 15) is 18.3 Å². The lowest BCUT2D eigenvalue weighted by atomic mass is 10.1. The highest BCUT2D eigenvalue weighted by Crippen LogP contribution is 2.40. The first-order valence-electron chi connectivity index (χ1n) is 9.78. The van der Waals surface area contributed by atoms with Crippen LogP contribution in [0.5, 0.6) is 0 Å². The van der Waals surface area contributed by atoms with Gasteiger partial charge in [-0.15, -0.1) is 4.40 Å². The van der Waals surface area contributed by atoms with Crippen LogP contribution in [0.15, 0.2) is 69.4 Å². The van der Waals surface area contributed by atoms with Crippen LogP contribution in [0.4, 0.5) is 5.69 Å². The van der Waals surface area contributed by atoms with Crippen LogP contribution < -0.4 is 5.32 Å². The summed E-state index contributed by atoms with van der Waals surface area (Å²) in [5.41, 5.74) is 1.14. The van der Waals surface area contributed by atoms with E-state index in [4.69, 9.17) is 0 Å². The number of amides is 1. The van der Waals surface area contributed by atoms with Crippen molar-refractivity contribution in [1.29, 1.82) is 0 Å². The molecule has 1 aromatic heterocycles. The van der Waals surface area contributed by atoms with Gasteiger partial charge in [-0.05, 0) is 42.2 Å². The third kappa shape index (κ3) is 3.24. The third-order valence-electron chi connectivity index (χ3n) is 5.64. The van der Waals surface area contributed by atoms with Crippen molar-refractivity contribution in [1.82, 2.24) is 9.88 Å². The highest BCUT2D eigenvalue weighted by molar-refractivity contribution is 7.90. The van der Waals surface area contributed by atoms with E-state index in [-0.39, 0.29) is 22.1 Å². The van der Waals surface area contributed by atoms with Crippen molar-refractivity contribution < 1.29 is 18.3 Å². The molecule has 3 heterocycles. The molecular weight excluding hydrogens is 404 g/mol. The molecule has 5 rings (SSSR count). The standard InChI is InChI=1S/C21H20N4O4S/c26-19-16(11-13-5-6-13)25(12-14-7-9-22-10-8-14)21(27)18(19)20-23-15-3-1-2-4-17(15)30(28,29)24-20/h1-4,7-10,13,16,26H,5-6,11-12H2,(H,23,24). The van der Waals surface area contributed by atoms with Crippen LogP contribution in [0.25, 0.3) is 0 Å². The number of benzene rings is 1. The van der Waals surface area contributed by atoms with Crippen LogP contribution in [0.1, 0.15) is 24.8 Å². The number of hydrogen-bond donors (Lipinski definition) is 2. The van der Waals surface area contributed by atoms with Gasteiger partial charge in [-0.1, -0.05) is 25.0 Å². The monoisotopic (exact) mass is 424 g/mol. The molecule has 1 aliphatic carbocycles. The number of carbonyl (C=O) groups excluding carboxylic acids is 1. The van der Waals surface area contributed by atoms with E-state index in [0.717, 1.165) is 18.4 Å². The summed E-state index contributed by atoms with van der Waals surface area (Å²) in [6.45, 7) is 0.295. The Morgan fingerprint density at radius 2 is 1.87 bits per heavy atom. The Hall–Kier alpha value is -3.20. The molecule has 1 unspecified atom stereocenters. The topological polar surface area (TPSA) is 112 Å². The second-order valence-corrected chi connectivity index (χ2v) is 9.35. The molecule has 1 saturated carbocycles. The number of anilines is 1.